The van der Waals surface area contributed by atoms with Crippen molar-refractivity contribution in [1.82, 2.24) is 10.2 Å². The Balaban J connectivity index is 1.99. The van der Waals surface area contributed by atoms with Gasteiger partial charge in [0.2, 0.25) is 0 Å². The zero-order valence-electron chi connectivity index (χ0n) is 12.2. The molecule has 116 valence electrons. The number of rotatable bonds is 4. The van der Waals surface area contributed by atoms with Crippen molar-refractivity contribution in [1.29, 1.82) is 0 Å². The largest absolute Gasteiger partial charge is 0.480 e. The average Bonchev–Trinajstić information content (AvgIpc) is 2.49. The number of carbonyl (C=O) groups excluding carboxylic acids is 1. The van der Waals surface area contributed by atoms with E-state index in [1.54, 1.807) is 6.92 Å². The minimum Gasteiger partial charge on any atom is -0.480 e. The van der Waals surface area contributed by atoms with E-state index in [0.717, 1.165) is 19.4 Å². The summed E-state index contributed by atoms with van der Waals surface area (Å²) in [6, 6.07) is 4.50. The van der Waals surface area contributed by atoms with Crippen LogP contribution in [-0.4, -0.2) is 43.1 Å². The molecular weight excluding hydrogens is 339 g/mol. The van der Waals surface area contributed by atoms with Crippen LogP contribution in [0.15, 0.2) is 22.7 Å². The van der Waals surface area contributed by atoms with Crippen molar-refractivity contribution in [3.05, 3.63) is 28.5 Å². The van der Waals surface area contributed by atoms with Crippen molar-refractivity contribution >= 4 is 21.8 Å². The second-order valence-corrected chi connectivity index (χ2v) is 6.10. The molecule has 2 atom stereocenters. The van der Waals surface area contributed by atoms with E-state index >= 15 is 0 Å². The molecule has 1 saturated heterocycles. The number of amides is 1. The summed E-state index contributed by atoms with van der Waals surface area (Å²) >= 11 is 3.24. The lowest BCUT2D eigenvalue weighted by atomic mass is 10.1. The predicted molar refractivity (Wildman–Crippen MR) is 82.9 cm³/mol. The zero-order valence-corrected chi connectivity index (χ0v) is 13.8. The van der Waals surface area contributed by atoms with Crippen LogP contribution in [0.25, 0.3) is 0 Å². The topological polar surface area (TPSA) is 41.6 Å². The van der Waals surface area contributed by atoms with Gasteiger partial charge in [0.15, 0.2) is 6.10 Å². The highest BCUT2D eigenvalue weighted by molar-refractivity contribution is 9.10. The van der Waals surface area contributed by atoms with E-state index in [1.807, 2.05) is 11.9 Å². The molecule has 0 radical (unpaired) electrons. The van der Waals surface area contributed by atoms with E-state index < -0.39 is 6.10 Å². The van der Waals surface area contributed by atoms with Gasteiger partial charge in [0.05, 0.1) is 4.47 Å². The Morgan fingerprint density at radius 2 is 2.33 bits per heavy atom. The lowest BCUT2D eigenvalue weighted by molar-refractivity contribution is -0.139. The number of nitrogens with one attached hydrogen (secondary N) is 1. The number of benzene rings is 1. The first-order chi connectivity index (χ1) is 10.0. The molecule has 6 heteroatoms. The fourth-order valence-electron chi connectivity index (χ4n) is 2.48. The molecule has 1 aliphatic heterocycles. The number of halogens is 2. The van der Waals surface area contributed by atoms with Crippen molar-refractivity contribution in [2.75, 3.05) is 20.1 Å². The summed E-state index contributed by atoms with van der Waals surface area (Å²) in [5.74, 6) is 0.0895. The molecule has 2 rings (SSSR count). The smallest absolute Gasteiger partial charge is 0.263 e. The predicted octanol–water partition coefficient (Wildman–Crippen LogP) is 2.57. The van der Waals surface area contributed by atoms with Gasteiger partial charge in [-0.25, -0.2) is 4.39 Å². The van der Waals surface area contributed by atoms with Crippen LogP contribution in [0, 0.1) is 5.82 Å². The van der Waals surface area contributed by atoms with Crippen LogP contribution in [-0.2, 0) is 4.79 Å². The third kappa shape index (κ3) is 4.17. The number of hydrogen-bond donors (Lipinski definition) is 1. The number of piperidine rings is 1. The van der Waals surface area contributed by atoms with Crippen molar-refractivity contribution in [3.63, 3.8) is 0 Å². The molecule has 1 fully saturated rings. The van der Waals surface area contributed by atoms with Crippen LogP contribution in [0.1, 0.15) is 19.8 Å². The molecule has 1 aromatic carbocycles. The third-order valence-electron chi connectivity index (χ3n) is 3.69. The minimum absolute atomic E-state index is 0.0359. The van der Waals surface area contributed by atoms with Gasteiger partial charge < -0.3 is 15.0 Å². The summed E-state index contributed by atoms with van der Waals surface area (Å²) in [5.41, 5.74) is 0. The Hall–Kier alpha value is -1.14. The third-order valence-corrected chi connectivity index (χ3v) is 4.31. The van der Waals surface area contributed by atoms with Crippen LogP contribution in [0.5, 0.6) is 5.75 Å². The van der Waals surface area contributed by atoms with Gasteiger partial charge in [-0.3, -0.25) is 4.79 Å². The molecule has 1 heterocycles. The molecule has 1 N–H and O–H groups in total. The van der Waals surface area contributed by atoms with E-state index in [4.69, 9.17) is 4.74 Å². The molecule has 1 aromatic rings. The van der Waals surface area contributed by atoms with Gasteiger partial charge in [-0.2, -0.15) is 0 Å². The van der Waals surface area contributed by atoms with E-state index in [0.29, 0.717) is 22.8 Å². The first kappa shape index (κ1) is 16.2. The fourth-order valence-corrected chi connectivity index (χ4v) is 2.93. The summed E-state index contributed by atoms with van der Waals surface area (Å²) in [5, 5.41) is 3.21. The molecule has 4 nitrogen and oxygen atoms in total. The van der Waals surface area contributed by atoms with Gasteiger partial charge in [-0.05, 0) is 60.9 Å². The SMILES string of the molecule is CNC1CCCN(C(=O)C(C)Oc2ccc(F)cc2Br)C1. The van der Waals surface area contributed by atoms with E-state index in [1.165, 1.54) is 18.2 Å². The Bertz CT molecular complexity index is 512. The Kier molecular flexibility index (Phi) is 5.58. The Morgan fingerprint density at radius 3 is 3.00 bits per heavy atom. The summed E-state index contributed by atoms with van der Waals surface area (Å²) in [6.07, 6.45) is 1.48. The van der Waals surface area contributed by atoms with Gasteiger partial charge >= 0.3 is 0 Å². The monoisotopic (exact) mass is 358 g/mol. The van der Waals surface area contributed by atoms with Crippen LogP contribution >= 0.6 is 15.9 Å². The van der Waals surface area contributed by atoms with Crippen molar-refractivity contribution < 1.29 is 13.9 Å². The molecular formula is C15H20BrFN2O2. The lowest BCUT2D eigenvalue weighted by Crippen LogP contribution is -2.50. The first-order valence-electron chi connectivity index (χ1n) is 7.09. The standard InChI is InChI=1S/C15H20BrFN2O2/c1-10(21-14-6-5-11(17)8-13(14)16)15(20)19-7-3-4-12(9-19)18-2/h5-6,8,10,12,18H,3-4,7,9H2,1-2H3. The molecule has 0 bridgehead atoms. The number of nitrogens with zero attached hydrogens (tertiary/aromatic N) is 1. The molecule has 0 aliphatic carbocycles. The maximum absolute atomic E-state index is 13.0. The average molecular weight is 359 g/mol. The van der Waals surface area contributed by atoms with Gasteiger partial charge in [-0.15, -0.1) is 0 Å². The van der Waals surface area contributed by atoms with E-state index in [2.05, 4.69) is 21.2 Å². The molecule has 0 spiro atoms. The number of likely N-dealkylation sites (tertiary alicyclic amines) is 1. The maximum Gasteiger partial charge on any atom is 0.263 e. The molecule has 1 amide bonds. The first-order valence-corrected chi connectivity index (χ1v) is 7.88. The highest BCUT2D eigenvalue weighted by atomic mass is 79.9. The van der Waals surface area contributed by atoms with E-state index in [9.17, 15) is 9.18 Å². The second-order valence-electron chi connectivity index (χ2n) is 5.25. The Labute approximate surface area is 132 Å². The van der Waals surface area contributed by atoms with Crippen LogP contribution in [0.3, 0.4) is 0 Å². The molecule has 2 unspecified atom stereocenters. The van der Waals surface area contributed by atoms with Crippen molar-refractivity contribution in [2.45, 2.75) is 31.9 Å². The molecule has 0 aromatic heterocycles. The summed E-state index contributed by atoms with van der Waals surface area (Å²) in [7, 11) is 1.91. The van der Waals surface area contributed by atoms with Crippen molar-refractivity contribution in [2.24, 2.45) is 0 Å². The number of carbonyl (C=O) groups is 1. The number of likely N-dealkylation sites (N-methyl/N-ethyl adjacent to an activating group) is 1. The lowest BCUT2D eigenvalue weighted by Gasteiger charge is -2.34. The van der Waals surface area contributed by atoms with Crippen LogP contribution in [0.2, 0.25) is 0 Å². The van der Waals surface area contributed by atoms with Crippen LogP contribution < -0.4 is 10.1 Å². The van der Waals surface area contributed by atoms with Gasteiger partial charge in [-0.1, -0.05) is 0 Å². The number of hydrogen-bond acceptors (Lipinski definition) is 3. The van der Waals surface area contributed by atoms with Gasteiger partial charge in [0.1, 0.15) is 11.6 Å². The molecule has 1 aliphatic rings. The van der Waals surface area contributed by atoms with E-state index in [-0.39, 0.29) is 11.7 Å². The molecule has 21 heavy (non-hydrogen) atoms. The quantitative estimate of drug-likeness (QED) is 0.899. The number of ether oxygens (including phenoxy) is 1. The summed E-state index contributed by atoms with van der Waals surface area (Å²) in [6.45, 7) is 3.18. The summed E-state index contributed by atoms with van der Waals surface area (Å²) in [4.78, 5) is 14.3. The van der Waals surface area contributed by atoms with Gasteiger partial charge in [0.25, 0.3) is 5.91 Å². The maximum atomic E-state index is 13.0. The van der Waals surface area contributed by atoms with Crippen molar-refractivity contribution in [3.8, 4) is 5.75 Å². The second kappa shape index (κ2) is 7.22. The van der Waals surface area contributed by atoms with Gasteiger partial charge in [0, 0.05) is 19.1 Å². The van der Waals surface area contributed by atoms with Crippen LogP contribution in [0.4, 0.5) is 4.39 Å². The minimum atomic E-state index is -0.595. The Morgan fingerprint density at radius 1 is 1.57 bits per heavy atom. The summed E-state index contributed by atoms with van der Waals surface area (Å²) < 4.78 is 19.2. The fraction of sp³-hybridized carbons (Fsp3) is 0.533. The normalized spacial score (nSPS) is 20.2. The highest BCUT2D eigenvalue weighted by Crippen LogP contribution is 2.26. The highest BCUT2D eigenvalue weighted by Gasteiger charge is 2.27. The molecule has 0 saturated carbocycles. The zero-order chi connectivity index (χ0) is 15.4.